The summed E-state index contributed by atoms with van der Waals surface area (Å²) < 4.78 is 25.7. The van der Waals surface area contributed by atoms with Gasteiger partial charge in [0.1, 0.15) is 12.2 Å². The van der Waals surface area contributed by atoms with Crippen LogP contribution in [0.3, 0.4) is 0 Å². The number of rotatable bonds is 10. The van der Waals surface area contributed by atoms with Crippen LogP contribution in [0.2, 0.25) is 0 Å². The second-order valence-corrected chi connectivity index (χ2v) is 9.19. The van der Waals surface area contributed by atoms with Crippen LogP contribution in [0.1, 0.15) is 37.0 Å². The molecule has 0 N–H and O–H groups in total. The highest BCUT2D eigenvalue weighted by molar-refractivity contribution is 5.15. The molecule has 5 atom stereocenters. The van der Waals surface area contributed by atoms with Gasteiger partial charge in [0.05, 0.1) is 38.6 Å². The summed E-state index contributed by atoms with van der Waals surface area (Å²) in [5.74, 6) is 0.350. The van der Waals surface area contributed by atoms with Crippen LogP contribution in [0.25, 0.3) is 0 Å². The molecule has 4 rings (SSSR count). The van der Waals surface area contributed by atoms with E-state index in [-0.39, 0.29) is 24.4 Å². The molecule has 0 aromatic heterocycles. The van der Waals surface area contributed by atoms with E-state index in [9.17, 15) is 0 Å². The van der Waals surface area contributed by atoms with Crippen LogP contribution in [0.4, 0.5) is 0 Å². The van der Waals surface area contributed by atoms with Crippen molar-refractivity contribution in [2.45, 2.75) is 64.5 Å². The highest BCUT2D eigenvalue weighted by Crippen LogP contribution is 2.30. The average Bonchev–Trinajstić information content (AvgIpc) is 2.99. The number of hydrogen-bond donors (Lipinski definition) is 0. The van der Waals surface area contributed by atoms with Crippen molar-refractivity contribution in [2.24, 2.45) is 5.92 Å². The number of hydrogen-bond acceptors (Lipinski definition) is 4. The summed E-state index contributed by atoms with van der Waals surface area (Å²) >= 11 is 0. The Bertz CT molecular complexity index is 947. The molecule has 1 heterocycles. The van der Waals surface area contributed by atoms with E-state index in [0.717, 1.165) is 23.1 Å². The molecule has 3 unspecified atom stereocenters. The maximum Gasteiger partial charge on any atom is 0.112 e. The Morgan fingerprint density at radius 2 is 1.18 bits per heavy atom. The van der Waals surface area contributed by atoms with Gasteiger partial charge in [0.2, 0.25) is 0 Å². The van der Waals surface area contributed by atoms with E-state index in [1.165, 1.54) is 0 Å². The molecule has 4 nitrogen and oxygen atoms in total. The third-order valence-electron chi connectivity index (χ3n) is 6.51. The topological polar surface area (TPSA) is 36.9 Å². The molecule has 180 valence electrons. The molecule has 0 saturated carbocycles. The van der Waals surface area contributed by atoms with E-state index >= 15 is 0 Å². The lowest BCUT2D eigenvalue weighted by Crippen LogP contribution is -2.44. The van der Waals surface area contributed by atoms with Crippen LogP contribution < -0.4 is 0 Å². The highest BCUT2D eigenvalue weighted by Gasteiger charge is 2.39. The Morgan fingerprint density at radius 3 is 1.74 bits per heavy atom. The third-order valence-corrected chi connectivity index (χ3v) is 6.51. The third kappa shape index (κ3) is 7.25. The van der Waals surface area contributed by atoms with Crippen molar-refractivity contribution >= 4 is 0 Å². The maximum absolute atomic E-state index is 6.53. The lowest BCUT2D eigenvalue weighted by atomic mass is 9.96. The van der Waals surface area contributed by atoms with E-state index in [1.54, 1.807) is 0 Å². The molecule has 1 aliphatic heterocycles. The molecule has 0 amide bonds. The van der Waals surface area contributed by atoms with Crippen molar-refractivity contribution < 1.29 is 18.9 Å². The lowest BCUT2D eigenvalue weighted by molar-refractivity contribution is -0.161. The Morgan fingerprint density at radius 1 is 0.676 bits per heavy atom. The molecule has 34 heavy (non-hydrogen) atoms. The molecule has 3 aromatic carbocycles. The zero-order valence-electron chi connectivity index (χ0n) is 20.2. The van der Waals surface area contributed by atoms with Crippen molar-refractivity contribution in [1.29, 1.82) is 0 Å². The molecule has 0 aliphatic carbocycles. The van der Waals surface area contributed by atoms with E-state index in [4.69, 9.17) is 18.9 Å². The molecular formula is C30H36O4. The van der Waals surface area contributed by atoms with Gasteiger partial charge >= 0.3 is 0 Å². The molecule has 1 fully saturated rings. The van der Waals surface area contributed by atoms with Crippen LogP contribution in [-0.4, -0.2) is 31.0 Å². The fourth-order valence-corrected chi connectivity index (χ4v) is 4.34. The maximum atomic E-state index is 6.53. The Hall–Kier alpha value is -2.50. The molecule has 0 spiro atoms. The van der Waals surface area contributed by atoms with Gasteiger partial charge in [-0.25, -0.2) is 0 Å². The van der Waals surface area contributed by atoms with Gasteiger partial charge in [0.15, 0.2) is 0 Å². The predicted octanol–water partition coefficient (Wildman–Crippen LogP) is 6.19. The van der Waals surface area contributed by atoms with Crippen LogP contribution in [-0.2, 0) is 38.8 Å². The fraction of sp³-hybridized carbons (Fsp3) is 0.400. The first kappa shape index (κ1) is 24.6. The first-order valence-corrected chi connectivity index (χ1v) is 12.3. The zero-order chi connectivity index (χ0) is 23.6. The van der Waals surface area contributed by atoms with Gasteiger partial charge in [-0.1, -0.05) is 97.9 Å². The van der Waals surface area contributed by atoms with Crippen molar-refractivity contribution in [3.05, 3.63) is 108 Å². The number of benzene rings is 3. The molecule has 1 aliphatic rings. The normalized spacial score (nSPS) is 25.1. The highest BCUT2D eigenvalue weighted by atomic mass is 16.6. The van der Waals surface area contributed by atoms with Gasteiger partial charge in [0, 0.05) is 0 Å². The Labute approximate surface area is 203 Å². The van der Waals surface area contributed by atoms with Crippen LogP contribution in [0, 0.1) is 5.92 Å². The van der Waals surface area contributed by atoms with Gasteiger partial charge in [-0.15, -0.1) is 0 Å². The van der Waals surface area contributed by atoms with E-state index in [0.29, 0.717) is 32.3 Å². The van der Waals surface area contributed by atoms with Crippen molar-refractivity contribution in [3.63, 3.8) is 0 Å². The number of ether oxygens (including phenoxy) is 4. The largest absolute Gasteiger partial charge is 0.374 e. The first-order valence-electron chi connectivity index (χ1n) is 12.3. The summed E-state index contributed by atoms with van der Waals surface area (Å²) in [5, 5.41) is 0. The Kier molecular flexibility index (Phi) is 9.28. The van der Waals surface area contributed by atoms with Gasteiger partial charge in [-0.05, 0) is 36.0 Å². The van der Waals surface area contributed by atoms with Gasteiger partial charge in [-0.2, -0.15) is 0 Å². The lowest BCUT2D eigenvalue weighted by Gasteiger charge is -2.31. The summed E-state index contributed by atoms with van der Waals surface area (Å²) in [7, 11) is 0. The average molecular weight is 461 g/mol. The monoisotopic (exact) mass is 460 g/mol. The van der Waals surface area contributed by atoms with Crippen molar-refractivity contribution in [3.8, 4) is 0 Å². The smallest absolute Gasteiger partial charge is 0.112 e. The molecule has 4 heteroatoms. The predicted molar refractivity (Wildman–Crippen MR) is 134 cm³/mol. The van der Waals surface area contributed by atoms with Gasteiger partial charge in [0.25, 0.3) is 0 Å². The second-order valence-electron chi connectivity index (χ2n) is 9.19. The molecular weight excluding hydrogens is 424 g/mol. The summed E-state index contributed by atoms with van der Waals surface area (Å²) in [6.45, 7) is 6.43. The van der Waals surface area contributed by atoms with Crippen molar-refractivity contribution in [2.75, 3.05) is 6.61 Å². The second kappa shape index (κ2) is 12.8. The van der Waals surface area contributed by atoms with Crippen LogP contribution in [0.15, 0.2) is 91.0 Å². The summed E-state index contributed by atoms with van der Waals surface area (Å²) in [5.41, 5.74) is 3.45. The first-order chi connectivity index (χ1) is 16.7. The van der Waals surface area contributed by atoms with Crippen LogP contribution >= 0.6 is 0 Å². The Balaban J connectivity index is 1.48. The van der Waals surface area contributed by atoms with E-state index in [2.05, 4.69) is 50.2 Å². The van der Waals surface area contributed by atoms with E-state index in [1.807, 2.05) is 54.6 Å². The standard InChI is InChI=1S/C30H36O4/c1-23-18-28(32-20-26-14-8-4-9-15-26)30(33-21-27-16-10-5-11-17-27)29(34-24(23)2)22-31-19-25-12-6-3-7-13-25/h3-17,23-24,28-30H,18-22H2,1-2H3/t23?,24-,28?,29?,30-/m0/s1. The van der Waals surface area contributed by atoms with Crippen molar-refractivity contribution in [1.82, 2.24) is 0 Å². The van der Waals surface area contributed by atoms with Crippen LogP contribution in [0.5, 0.6) is 0 Å². The molecule has 0 radical (unpaired) electrons. The molecule has 0 bridgehead atoms. The minimum absolute atomic E-state index is 0.0887. The molecule has 3 aromatic rings. The summed E-state index contributed by atoms with van der Waals surface area (Å²) in [4.78, 5) is 0. The summed E-state index contributed by atoms with van der Waals surface area (Å²) in [6.07, 6.45) is 0.440. The van der Waals surface area contributed by atoms with Gasteiger partial charge in [-0.3, -0.25) is 0 Å². The zero-order valence-corrected chi connectivity index (χ0v) is 20.2. The minimum atomic E-state index is -0.230. The fourth-order valence-electron chi connectivity index (χ4n) is 4.34. The summed E-state index contributed by atoms with van der Waals surface area (Å²) in [6, 6.07) is 30.8. The SMILES string of the molecule is CC1CC(OCc2ccccc2)[C@H](OCc2ccccc2)C(COCc2ccccc2)O[C@H]1C. The van der Waals surface area contributed by atoms with Gasteiger partial charge < -0.3 is 18.9 Å². The quantitative estimate of drug-likeness (QED) is 0.362. The minimum Gasteiger partial charge on any atom is -0.374 e. The van der Waals surface area contributed by atoms with E-state index < -0.39 is 0 Å². The molecule has 1 saturated heterocycles.